The molecule has 0 amide bonds. The van der Waals surface area contributed by atoms with Crippen molar-refractivity contribution >= 4 is 17.9 Å². The summed E-state index contributed by atoms with van der Waals surface area (Å²) in [4.78, 5) is 39.2. The van der Waals surface area contributed by atoms with Crippen LogP contribution in [-0.2, 0) is 35.0 Å². The number of methoxy groups -OCH3 is 3. The number of hydrogen-bond donors (Lipinski definition) is 0. The molecule has 0 aliphatic heterocycles. The van der Waals surface area contributed by atoms with Crippen LogP contribution in [0.3, 0.4) is 0 Å². The molecule has 4 atom stereocenters. The normalized spacial score (nSPS) is 30.1. The van der Waals surface area contributed by atoms with Crippen molar-refractivity contribution in [3.63, 3.8) is 0 Å². The molecule has 3 rings (SSSR count). The SMILES string of the molecule is COC(=O)C1=CC=CC2[C@@]1(C(=O)OC)CC[C@@H](C)[C@@]2(CCc1ccoc1)C(=O)OC. The summed E-state index contributed by atoms with van der Waals surface area (Å²) in [6.07, 6.45) is 10.3. The third kappa shape index (κ3) is 3.16. The minimum absolute atomic E-state index is 0.0821. The van der Waals surface area contributed by atoms with Gasteiger partial charge in [0.15, 0.2) is 0 Å². The first-order valence-corrected chi connectivity index (χ1v) is 10.0. The standard InChI is InChI=1S/C23H28O7/c1-15-8-11-23(21(26)29-4)17(19(24)27-2)6-5-7-18(23)22(15,20(25)28-3)12-9-16-10-13-30-14-16/h5-7,10,13-15,18H,8-9,11-12H2,1-4H3/t15-,18?,22-,23-/m1/s1. The number of aryl methyl sites for hydroxylation is 1. The number of allylic oxidation sites excluding steroid dienone is 3. The maximum Gasteiger partial charge on any atom is 0.334 e. The van der Waals surface area contributed by atoms with Gasteiger partial charge in [-0.3, -0.25) is 9.59 Å². The van der Waals surface area contributed by atoms with Crippen LogP contribution in [0.15, 0.2) is 46.8 Å². The highest BCUT2D eigenvalue weighted by Gasteiger charge is 2.66. The van der Waals surface area contributed by atoms with Crippen LogP contribution in [0.5, 0.6) is 0 Å². The number of rotatable bonds is 6. The van der Waals surface area contributed by atoms with Gasteiger partial charge in [0.05, 0.1) is 44.8 Å². The van der Waals surface area contributed by atoms with Gasteiger partial charge in [-0.25, -0.2) is 4.79 Å². The fourth-order valence-corrected chi connectivity index (χ4v) is 5.34. The largest absolute Gasteiger partial charge is 0.472 e. The molecule has 2 aliphatic carbocycles. The highest BCUT2D eigenvalue weighted by atomic mass is 16.5. The lowest BCUT2D eigenvalue weighted by molar-refractivity contribution is -0.179. The van der Waals surface area contributed by atoms with Crippen LogP contribution in [0.25, 0.3) is 0 Å². The Hall–Kier alpha value is -2.83. The summed E-state index contributed by atoms with van der Waals surface area (Å²) in [7, 11) is 3.93. The van der Waals surface area contributed by atoms with Crippen molar-refractivity contribution < 1.29 is 33.0 Å². The molecule has 2 aliphatic rings. The Morgan fingerprint density at radius 3 is 2.47 bits per heavy atom. The summed E-state index contributed by atoms with van der Waals surface area (Å²) in [5, 5.41) is 0. The van der Waals surface area contributed by atoms with E-state index in [1.165, 1.54) is 21.3 Å². The Balaban J connectivity index is 2.17. The van der Waals surface area contributed by atoms with Crippen LogP contribution in [-0.4, -0.2) is 39.2 Å². The second-order valence-electron chi connectivity index (χ2n) is 8.00. The maximum atomic E-state index is 13.3. The molecule has 1 aromatic heterocycles. The quantitative estimate of drug-likeness (QED) is 0.519. The topological polar surface area (TPSA) is 92.0 Å². The van der Waals surface area contributed by atoms with E-state index in [0.717, 1.165) is 5.56 Å². The van der Waals surface area contributed by atoms with Crippen LogP contribution in [0.4, 0.5) is 0 Å². The fraction of sp³-hybridized carbons (Fsp3) is 0.522. The number of carbonyl (C=O) groups is 3. The molecule has 1 heterocycles. The van der Waals surface area contributed by atoms with E-state index >= 15 is 0 Å². The van der Waals surface area contributed by atoms with Crippen LogP contribution in [0, 0.1) is 22.7 Å². The maximum absolute atomic E-state index is 13.3. The van der Waals surface area contributed by atoms with E-state index in [9.17, 15) is 14.4 Å². The lowest BCUT2D eigenvalue weighted by Crippen LogP contribution is -2.59. The zero-order valence-corrected chi connectivity index (χ0v) is 17.8. The first kappa shape index (κ1) is 21.9. The number of carbonyl (C=O) groups excluding carboxylic acids is 3. The van der Waals surface area contributed by atoms with Gasteiger partial charge in [0, 0.05) is 5.92 Å². The van der Waals surface area contributed by atoms with E-state index in [1.54, 1.807) is 24.7 Å². The summed E-state index contributed by atoms with van der Waals surface area (Å²) in [5.41, 5.74) is -1.17. The third-order valence-electron chi connectivity index (χ3n) is 6.91. The molecule has 0 bridgehead atoms. The molecule has 1 aromatic rings. The lowest BCUT2D eigenvalue weighted by Gasteiger charge is -2.54. The van der Waals surface area contributed by atoms with E-state index in [0.29, 0.717) is 25.7 Å². The van der Waals surface area contributed by atoms with Gasteiger partial charge in [0.2, 0.25) is 0 Å². The van der Waals surface area contributed by atoms with Crippen molar-refractivity contribution in [3.8, 4) is 0 Å². The van der Waals surface area contributed by atoms with Crippen molar-refractivity contribution in [2.24, 2.45) is 22.7 Å². The second kappa shape index (κ2) is 8.50. The molecule has 1 unspecified atom stereocenters. The number of fused-ring (bicyclic) bond motifs is 1. The van der Waals surface area contributed by atoms with Crippen molar-refractivity contribution in [1.82, 2.24) is 0 Å². The highest BCUT2D eigenvalue weighted by molar-refractivity contribution is 6.00. The molecular weight excluding hydrogens is 388 g/mol. The van der Waals surface area contributed by atoms with Gasteiger partial charge < -0.3 is 18.6 Å². The monoisotopic (exact) mass is 416 g/mol. The van der Waals surface area contributed by atoms with Gasteiger partial charge >= 0.3 is 17.9 Å². The molecule has 0 N–H and O–H groups in total. The zero-order valence-electron chi connectivity index (χ0n) is 17.8. The third-order valence-corrected chi connectivity index (χ3v) is 6.91. The first-order valence-electron chi connectivity index (χ1n) is 10.0. The summed E-state index contributed by atoms with van der Waals surface area (Å²) < 4.78 is 20.6. The van der Waals surface area contributed by atoms with Crippen LogP contribution >= 0.6 is 0 Å². The van der Waals surface area contributed by atoms with E-state index < -0.39 is 34.7 Å². The number of hydrogen-bond acceptors (Lipinski definition) is 7. The molecule has 162 valence electrons. The molecule has 0 aromatic carbocycles. The Labute approximate surface area is 176 Å². The zero-order chi connectivity index (χ0) is 21.9. The van der Waals surface area contributed by atoms with Gasteiger partial charge in [-0.15, -0.1) is 0 Å². The number of esters is 3. The van der Waals surface area contributed by atoms with Crippen molar-refractivity contribution in [1.29, 1.82) is 0 Å². The Bertz CT molecular complexity index is 866. The summed E-state index contributed by atoms with van der Waals surface area (Å²) in [6, 6.07) is 1.85. The summed E-state index contributed by atoms with van der Waals surface area (Å²) in [5.74, 6) is -2.23. The van der Waals surface area contributed by atoms with Gasteiger partial charge in [0.1, 0.15) is 5.41 Å². The molecule has 0 radical (unpaired) electrons. The minimum Gasteiger partial charge on any atom is -0.472 e. The highest BCUT2D eigenvalue weighted by Crippen LogP contribution is 2.61. The second-order valence-corrected chi connectivity index (χ2v) is 8.00. The fourth-order valence-electron chi connectivity index (χ4n) is 5.34. The molecule has 0 spiro atoms. The molecule has 0 saturated heterocycles. The van der Waals surface area contributed by atoms with E-state index in [1.807, 2.05) is 19.1 Å². The average molecular weight is 416 g/mol. The Morgan fingerprint density at radius 2 is 1.87 bits per heavy atom. The minimum atomic E-state index is -1.31. The molecule has 7 heteroatoms. The lowest BCUT2D eigenvalue weighted by atomic mass is 9.46. The van der Waals surface area contributed by atoms with Gasteiger partial charge in [-0.05, 0) is 43.2 Å². The summed E-state index contributed by atoms with van der Waals surface area (Å²) >= 11 is 0. The van der Waals surface area contributed by atoms with Crippen LogP contribution in [0.1, 0.15) is 31.7 Å². The van der Waals surface area contributed by atoms with Crippen molar-refractivity contribution in [2.75, 3.05) is 21.3 Å². The Kier molecular flexibility index (Phi) is 6.19. The van der Waals surface area contributed by atoms with Gasteiger partial charge in [-0.2, -0.15) is 0 Å². The number of ether oxygens (including phenoxy) is 3. The molecular formula is C23H28O7. The molecule has 7 nitrogen and oxygen atoms in total. The van der Waals surface area contributed by atoms with Gasteiger partial charge in [0.25, 0.3) is 0 Å². The Morgan fingerprint density at radius 1 is 1.13 bits per heavy atom. The van der Waals surface area contributed by atoms with Crippen LogP contribution < -0.4 is 0 Å². The van der Waals surface area contributed by atoms with Crippen molar-refractivity contribution in [3.05, 3.63) is 48.0 Å². The van der Waals surface area contributed by atoms with E-state index in [2.05, 4.69) is 0 Å². The average Bonchev–Trinajstić information content (AvgIpc) is 3.30. The summed E-state index contributed by atoms with van der Waals surface area (Å²) in [6.45, 7) is 2.00. The van der Waals surface area contributed by atoms with E-state index in [4.69, 9.17) is 18.6 Å². The molecule has 1 fully saturated rings. The van der Waals surface area contributed by atoms with Crippen molar-refractivity contribution in [2.45, 2.75) is 32.6 Å². The van der Waals surface area contributed by atoms with E-state index in [-0.39, 0.29) is 11.5 Å². The predicted octanol–water partition coefficient (Wildman–Crippen LogP) is 3.25. The molecule has 30 heavy (non-hydrogen) atoms. The smallest absolute Gasteiger partial charge is 0.334 e. The predicted molar refractivity (Wildman–Crippen MR) is 107 cm³/mol. The number of furan rings is 1. The first-order chi connectivity index (χ1) is 14.4. The van der Waals surface area contributed by atoms with Crippen LogP contribution in [0.2, 0.25) is 0 Å². The van der Waals surface area contributed by atoms with Gasteiger partial charge in [-0.1, -0.05) is 25.2 Å². The molecule has 1 saturated carbocycles.